The molecule has 0 aliphatic carbocycles. The van der Waals surface area contributed by atoms with Gasteiger partial charge in [0.25, 0.3) is 0 Å². The van der Waals surface area contributed by atoms with E-state index in [1.807, 2.05) is 0 Å². The Labute approximate surface area is 42.8 Å². The number of hydrogen-bond donors (Lipinski definition) is 0. The third-order valence-corrected chi connectivity index (χ3v) is 0.303. The highest BCUT2D eigenvalue weighted by atomic mass is 16.1. The monoisotopic (exact) mass is 100 g/mol. The van der Waals surface area contributed by atoms with Gasteiger partial charge in [-0.1, -0.05) is 14.0 Å². The molecular weight excluding hydrogens is 92.1 g/mol. The molecule has 0 radical (unpaired) electrons. The minimum atomic E-state index is -0.0185. The van der Waals surface area contributed by atoms with Crippen molar-refractivity contribution in [3.05, 3.63) is 12.2 Å². The molecule has 0 saturated carbocycles. The van der Waals surface area contributed by atoms with E-state index in [0.717, 1.165) is 0 Å². The van der Waals surface area contributed by atoms with Gasteiger partial charge in [-0.15, -0.1) is 0 Å². The van der Waals surface area contributed by atoms with E-state index >= 15 is 0 Å². The number of allylic oxidation sites excluding steroid dienone is 1. The first-order valence-corrected chi connectivity index (χ1v) is 1.40. The van der Waals surface area contributed by atoms with Gasteiger partial charge in [-0.2, -0.15) is 0 Å². The smallest absolute Gasteiger partial charge is 0.152 e. The van der Waals surface area contributed by atoms with E-state index in [1.165, 1.54) is 0 Å². The molecule has 7 heavy (non-hydrogen) atoms. The van der Waals surface area contributed by atoms with E-state index in [9.17, 15) is 9.59 Å². The molecular formula is C5H8O2. The van der Waals surface area contributed by atoms with Crippen molar-refractivity contribution in [2.75, 3.05) is 0 Å². The molecule has 0 spiro atoms. The van der Waals surface area contributed by atoms with E-state index in [2.05, 4.69) is 6.58 Å². The van der Waals surface area contributed by atoms with Crippen LogP contribution in [0.15, 0.2) is 12.2 Å². The van der Waals surface area contributed by atoms with Crippen molar-refractivity contribution in [3.8, 4) is 0 Å². The zero-order valence-corrected chi connectivity index (χ0v) is 3.18. The molecule has 0 fully saturated rings. The second-order valence-corrected chi connectivity index (χ2v) is 0.811. The maximum atomic E-state index is 9.41. The Morgan fingerprint density at radius 3 is 1.57 bits per heavy atom. The van der Waals surface area contributed by atoms with Crippen LogP contribution in [0.2, 0.25) is 0 Å². The third-order valence-electron chi connectivity index (χ3n) is 0.303. The largest absolute Gasteiger partial charge is 0.298 e. The summed E-state index contributed by atoms with van der Waals surface area (Å²) in [7, 11) is 0. The minimum Gasteiger partial charge on any atom is -0.298 e. The molecule has 0 bridgehead atoms. The van der Waals surface area contributed by atoms with Crippen molar-refractivity contribution < 1.29 is 9.59 Å². The summed E-state index contributed by atoms with van der Waals surface area (Å²) in [5, 5.41) is 0. The first-order chi connectivity index (χ1) is 2.81. The van der Waals surface area contributed by atoms with Crippen molar-refractivity contribution >= 4 is 12.6 Å². The number of carbonyl (C=O) groups excluding carboxylic acids is 2. The fourth-order valence-electron chi connectivity index (χ4n) is 0.0278. The Balaban J connectivity index is 0. The van der Waals surface area contributed by atoms with E-state index < -0.39 is 0 Å². The van der Waals surface area contributed by atoms with E-state index in [1.54, 1.807) is 0 Å². The quantitative estimate of drug-likeness (QED) is 0.220. The Morgan fingerprint density at radius 1 is 1.29 bits per heavy atom. The van der Waals surface area contributed by atoms with Gasteiger partial charge in [0.05, 0.1) is 0 Å². The van der Waals surface area contributed by atoms with Crippen LogP contribution < -0.4 is 0 Å². The van der Waals surface area contributed by atoms with Crippen LogP contribution in [0.1, 0.15) is 7.43 Å². The average Bonchev–Trinajstić information content (AvgIpc) is 1.65. The van der Waals surface area contributed by atoms with Gasteiger partial charge in [0.15, 0.2) is 12.6 Å². The van der Waals surface area contributed by atoms with Crippen molar-refractivity contribution in [3.63, 3.8) is 0 Å². The molecule has 0 heterocycles. The summed E-state index contributed by atoms with van der Waals surface area (Å²) in [6, 6.07) is 0. The van der Waals surface area contributed by atoms with Gasteiger partial charge in [0.2, 0.25) is 0 Å². The molecule has 0 rings (SSSR count). The summed E-state index contributed by atoms with van der Waals surface area (Å²) >= 11 is 0. The van der Waals surface area contributed by atoms with Crippen LogP contribution in [-0.2, 0) is 9.59 Å². The molecule has 0 N–H and O–H groups in total. The highest BCUT2D eigenvalue weighted by Gasteiger charge is 1.77. The third kappa shape index (κ3) is 5.08. The molecule has 0 aliphatic heterocycles. The maximum absolute atomic E-state index is 9.41. The van der Waals surface area contributed by atoms with Gasteiger partial charge >= 0.3 is 0 Å². The van der Waals surface area contributed by atoms with Crippen LogP contribution >= 0.6 is 0 Å². The molecule has 0 atom stereocenters. The van der Waals surface area contributed by atoms with Gasteiger partial charge in [-0.3, -0.25) is 9.59 Å². The predicted octanol–water partition coefficient (Wildman–Crippen LogP) is 0.577. The first kappa shape index (κ1) is 9.43. The Hall–Kier alpha value is -0.920. The molecule has 0 aliphatic rings. The molecule has 40 valence electrons. The summed E-state index contributed by atoms with van der Waals surface area (Å²) in [5.74, 6) is 0. The lowest BCUT2D eigenvalue weighted by molar-refractivity contribution is -0.109. The molecule has 2 heteroatoms. The zero-order valence-electron chi connectivity index (χ0n) is 3.18. The number of carbonyl (C=O) groups is 2. The molecule has 0 saturated heterocycles. The summed E-state index contributed by atoms with van der Waals surface area (Å²) < 4.78 is 0. The van der Waals surface area contributed by atoms with Crippen LogP contribution in [0.4, 0.5) is 0 Å². The van der Waals surface area contributed by atoms with Crippen LogP contribution in [0.25, 0.3) is 0 Å². The number of hydrogen-bond acceptors (Lipinski definition) is 2. The standard InChI is InChI=1S/C4H4O2.CH4/c1-4(2-5)3-6;/h2-3H,1H2;1H4. The van der Waals surface area contributed by atoms with Gasteiger partial charge in [-0.25, -0.2) is 0 Å². The summed E-state index contributed by atoms with van der Waals surface area (Å²) in [5.41, 5.74) is -0.0185. The molecule has 2 nitrogen and oxygen atoms in total. The summed E-state index contributed by atoms with van der Waals surface area (Å²) in [6.07, 6.45) is 0.819. The van der Waals surface area contributed by atoms with Gasteiger partial charge < -0.3 is 0 Å². The minimum absolute atomic E-state index is 0. The van der Waals surface area contributed by atoms with Gasteiger partial charge in [0, 0.05) is 5.57 Å². The average molecular weight is 100 g/mol. The van der Waals surface area contributed by atoms with Crippen LogP contribution in [0.5, 0.6) is 0 Å². The number of aldehydes is 2. The van der Waals surface area contributed by atoms with E-state index in [4.69, 9.17) is 0 Å². The summed E-state index contributed by atoms with van der Waals surface area (Å²) in [6.45, 7) is 3.06. The van der Waals surface area contributed by atoms with Crippen molar-refractivity contribution in [2.45, 2.75) is 7.43 Å². The highest BCUT2D eigenvalue weighted by molar-refractivity contribution is 5.98. The topological polar surface area (TPSA) is 34.1 Å². The lowest BCUT2D eigenvalue weighted by Crippen LogP contribution is -1.78. The second kappa shape index (κ2) is 5.08. The lowest BCUT2D eigenvalue weighted by atomic mass is 10.4. The van der Waals surface area contributed by atoms with Crippen molar-refractivity contribution in [2.24, 2.45) is 0 Å². The lowest BCUT2D eigenvalue weighted by Gasteiger charge is -1.66. The Morgan fingerprint density at radius 2 is 1.57 bits per heavy atom. The maximum Gasteiger partial charge on any atom is 0.152 e. The van der Waals surface area contributed by atoms with Crippen LogP contribution in [0, 0.1) is 0 Å². The molecule has 0 aromatic heterocycles. The van der Waals surface area contributed by atoms with Crippen molar-refractivity contribution in [1.82, 2.24) is 0 Å². The fraction of sp³-hybridized carbons (Fsp3) is 0.200. The predicted molar refractivity (Wildman–Crippen MR) is 28.0 cm³/mol. The summed E-state index contributed by atoms with van der Waals surface area (Å²) in [4.78, 5) is 18.8. The van der Waals surface area contributed by atoms with Crippen LogP contribution in [-0.4, -0.2) is 12.6 Å². The Bertz CT molecular complexity index is 74.1. The first-order valence-electron chi connectivity index (χ1n) is 1.40. The zero-order chi connectivity index (χ0) is 4.99. The SMILES string of the molecule is C.C=C(C=O)C=O. The molecule has 0 amide bonds. The van der Waals surface area contributed by atoms with Crippen LogP contribution in [0.3, 0.4) is 0 Å². The second-order valence-electron chi connectivity index (χ2n) is 0.811. The van der Waals surface area contributed by atoms with Crippen molar-refractivity contribution in [1.29, 1.82) is 0 Å². The highest BCUT2D eigenvalue weighted by Crippen LogP contribution is 1.68. The van der Waals surface area contributed by atoms with E-state index in [0.29, 0.717) is 12.6 Å². The molecule has 0 unspecified atom stereocenters. The van der Waals surface area contributed by atoms with Gasteiger partial charge in [0.1, 0.15) is 0 Å². The fourth-order valence-corrected chi connectivity index (χ4v) is 0.0278. The molecule has 0 aromatic rings. The normalized spacial score (nSPS) is 5.71. The van der Waals surface area contributed by atoms with E-state index in [-0.39, 0.29) is 13.0 Å². The Kier molecular flexibility index (Phi) is 6.84. The number of rotatable bonds is 2. The molecule has 0 aromatic carbocycles. The van der Waals surface area contributed by atoms with Gasteiger partial charge in [-0.05, 0) is 0 Å².